The minimum absolute atomic E-state index is 0.126. The van der Waals surface area contributed by atoms with E-state index in [1.807, 2.05) is 0 Å². The van der Waals surface area contributed by atoms with Crippen molar-refractivity contribution in [3.05, 3.63) is 22.3 Å². The molecule has 0 N–H and O–H groups in total. The van der Waals surface area contributed by atoms with Gasteiger partial charge in [0.25, 0.3) is 0 Å². The number of alkyl halides is 1. The van der Waals surface area contributed by atoms with E-state index < -0.39 is 0 Å². The fourth-order valence-corrected chi connectivity index (χ4v) is 2.14. The second-order valence-corrected chi connectivity index (χ2v) is 5.09. The molecule has 1 heteroatoms. The summed E-state index contributed by atoms with van der Waals surface area (Å²) >= 11 is 3.74. The molecule has 0 bridgehead atoms. The Balaban J connectivity index is 3.27. The van der Waals surface area contributed by atoms with Gasteiger partial charge in [0.2, 0.25) is 0 Å². The molecule has 1 aliphatic carbocycles. The molecule has 0 saturated heterocycles. The van der Waals surface area contributed by atoms with Gasteiger partial charge in [0.15, 0.2) is 0 Å². The first-order valence-corrected chi connectivity index (χ1v) is 4.73. The summed E-state index contributed by atoms with van der Waals surface area (Å²) in [5.41, 5.74) is 5.80. The molecule has 1 rings (SSSR count). The van der Waals surface area contributed by atoms with Crippen molar-refractivity contribution >= 4 is 15.9 Å². The normalized spacial score (nSPS) is 23.5. The van der Waals surface area contributed by atoms with Crippen molar-refractivity contribution in [3.8, 4) is 0 Å². The summed E-state index contributed by atoms with van der Waals surface area (Å²) in [7, 11) is 0. The fourth-order valence-electron chi connectivity index (χ4n) is 1.55. The lowest BCUT2D eigenvalue weighted by Gasteiger charge is -2.20. The SMILES string of the molecule is CC1=C(C)C(C)(Br)C(C)=C1C. The lowest BCUT2D eigenvalue weighted by molar-refractivity contribution is 0.894. The summed E-state index contributed by atoms with van der Waals surface area (Å²) in [5, 5.41) is 0. The Morgan fingerprint density at radius 3 is 1.27 bits per heavy atom. The van der Waals surface area contributed by atoms with Gasteiger partial charge in [-0.15, -0.1) is 0 Å². The highest BCUT2D eigenvalue weighted by atomic mass is 79.9. The molecule has 0 saturated carbocycles. The van der Waals surface area contributed by atoms with E-state index in [-0.39, 0.29) is 4.32 Å². The molecule has 0 radical (unpaired) electrons. The molecule has 0 atom stereocenters. The highest BCUT2D eigenvalue weighted by molar-refractivity contribution is 9.10. The van der Waals surface area contributed by atoms with E-state index in [1.165, 1.54) is 22.3 Å². The minimum atomic E-state index is 0.126. The summed E-state index contributed by atoms with van der Waals surface area (Å²) in [5.74, 6) is 0. The van der Waals surface area contributed by atoms with Crippen LogP contribution >= 0.6 is 15.9 Å². The number of hydrogen-bond acceptors (Lipinski definition) is 0. The highest BCUT2D eigenvalue weighted by Gasteiger charge is 2.32. The van der Waals surface area contributed by atoms with Gasteiger partial charge >= 0.3 is 0 Å². The summed E-state index contributed by atoms with van der Waals surface area (Å²) in [6.07, 6.45) is 0. The van der Waals surface area contributed by atoms with Crippen LogP contribution in [0.3, 0.4) is 0 Å². The predicted molar refractivity (Wildman–Crippen MR) is 54.1 cm³/mol. The number of halogens is 1. The van der Waals surface area contributed by atoms with E-state index >= 15 is 0 Å². The van der Waals surface area contributed by atoms with E-state index in [2.05, 4.69) is 50.5 Å². The van der Waals surface area contributed by atoms with Crippen LogP contribution in [0, 0.1) is 0 Å². The van der Waals surface area contributed by atoms with Crippen LogP contribution in [-0.4, -0.2) is 4.32 Å². The van der Waals surface area contributed by atoms with Gasteiger partial charge in [-0.25, -0.2) is 0 Å². The molecule has 0 nitrogen and oxygen atoms in total. The molecule has 0 heterocycles. The fraction of sp³-hybridized carbons (Fsp3) is 0.600. The van der Waals surface area contributed by atoms with E-state index in [4.69, 9.17) is 0 Å². The van der Waals surface area contributed by atoms with Crippen molar-refractivity contribution in [1.29, 1.82) is 0 Å². The molecular weight excluding hydrogens is 200 g/mol. The van der Waals surface area contributed by atoms with Crippen LogP contribution in [0.25, 0.3) is 0 Å². The van der Waals surface area contributed by atoms with E-state index in [0.717, 1.165) is 0 Å². The molecule has 0 spiro atoms. The van der Waals surface area contributed by atoms with Gasteiger partial charge in [0.1, 0.15) is 0 Å². The van der Waals surface area contributed by atoms with Crippen molar-refractivity contribution in [2.75, 3.05) is 0 Å². The van der Waals surface area contributed by atoms with E-state index in [9.17, 15) is 0 Å². The maximum absolute atomic E-state index is 3.74. The van der Waals surface area contributed by atoms with E-state index in [0.29, 0.717) is 0 Å². The Bertz CT molecular complexity index is 228. The lowest BCUT2D eigenvalue weighted by Crippen LogP contribution is -2.15. The molecule has 1 aliphatic rings. The third-order valence-corrected chi connectivity index (χ3v) is 4.29. The van der Waals surface area contributed by atoms with Crippen LogP contribution in [0.1, 0.15) is 34.6 Å². The Hall–Kier alpha value is -0.0400. The van der Waals surface area contributed by atoms with Crippen LogP contribution in [0.5, 0.6) is 0 Å². The van der Waals surface area contributed by atoms with Gasteiger partial charge in [-0.2, -0.15) is 0 Å². The monoisotopic (exact) mass is 214 g/mol. The molecule has 11 heavy (non-hydrogen) atoms. The molecule has 0 aromatic rings. The molecule has 0 amide bonds. The molecule has 62 valence electrons. The van der Waals surface area contributed by atoms with Crippen molar-refractivity contribution in [2.24, 2.45) is 0 Å². The zero-order valence-corrected chi connectivity index (χ0v) is 9.46. The summed E-state index contributed by atoms with van der Waals surface area (Å²) in [6.45, 7) is 11.0. The third-order valence-electron chi connectivity index (χ3n) is 3.10. The molecule has 0 fully saturated rings. The Labute approximate surface area is 77.5 Å². The lowest BCUT2D eigenvalue weighted by atomic mass is 9.99. The summed E-state index contributed by atoms with van der Waals surface area (Å²) in [4.78, 5) is 0. The van der Waals surface area contributed by atoms with Crippen LogP contribution in [0.4, 0.5) is 0 Å². The van der Waals surface area contributed by atoms with Crippen molar-refractivity contribution in [3.63, 3.8) is 0 Å². The average Bonchev–Trinajstić information content (AvgIpc) is 2.06. The van der Waals surface area contributed by atoms with E-state index in [1.54, 1.807) is 0 Å². The van der Waals surface area contributed by atoms with Gasteiger partial charge < -0.3 is 0 Å². The Kier molecular flexibility index (Phi) is 2.04. The van der Waals surface area contributed by atoms with Gasteiger partial charge in [0.05, 0.1) is 4.32 Å². The zero-order valence-electron chi connectivity index (χ0n) is 7.88. The van der Waals surface area contributed by atoms with Crippen molar-refractivity contribution in [2.45, 2.75) is 38.9 Å². The number of rotatable bonds is 0. The standard InChI is InChI=1S/C10H15Br/c1-6-7(2)9(4)10(5,11)8(6)3/h1-5H3. The Morgan fingerprint density at radius 2 is 1.18 bits per heavy atom. The maximum atomic E-state index is 3.74. The first kappa shape index (κ1) is 9.05. The van der Waals surface area contributed by atoms with Gasteiger partial charge in [-0.1, -0.05) is 15.9 Å². The van der Waals surface area contributed by atoms with Crippen LogP contribution in [-0.2, 0) is 0 Å². The quantitative estimate of drug-likeness (QED) is 0.539. The third kappa shape index (κ3) is 1.10. The molecule has 0 aromatic heterocycles. The second kappa shape index (κ2) is 2.48. The van der Waals surface area contributed by atoms with Crippen molar-refractivity contribution < 1.29 is 0 Å². The molecule has 0 aliphatic heterocycles. The molecule has 0 unspecified atom stereocenters. The van der Waals surface area contributed by atoms with Gasteiger partial charge in [0, 0.05) is 0 Å². The maximum Gasteiger partial charge on any atom is 0.0652 e. The Morgan fingerprint density at radius 1 is 0.909 bits per heavy atom. The largest absolute Gasteiger partial charge is 0.0759 e. The highest BCUT2D eigenvalue weighted by Crippen LogP contribution is 2.45. The van der Waals surface area contributed by atoms with Gasteiger partial charge in [-0.05, 0) is 56.9 Å². The minimum Gasteiger partial charge on any atom is -0.0759 e. The zero-order chi connectivity index (χ0) is 8.81. The second-order valence-electron chi connectivity index (χ2n) is 3.50. The van der Waals surface area contributed by atoms with Crippen LogP contribution in [0.15, 0.2) is 22.3 Å². The summed E-state index contributed by atoms with van der Waals surface area (Å²) in [6, 6.07) is 0. The first-order valence-electron chi connectivity index (χ1n) is 3.94. The average molecular weight is 215 g/mol. The number of hydrogen-bond donors (Lipinski definition) is 0. The topological polar surface area (TPSA) is 0 Å². The van der Waals surface area contributed by atoms with Gasteiger partial charge in [-0.3, -0.25) is 0 Å². The first-order chi connectivity index (χ1) is 4.89. The van der Waals surface area contributed by atoms with Crippen LogP contribution in [0.2, 0.25) is 0 Å². The van der Waals surface area contributed by atoms with Crippen LogP contribution < -0.4 is 0 Å². The van der Waals surface area contributed by atoms with Crippen molar-refractivity contribution in [1.82, 2.24) is 0 Å². The predicted octanol–water partition coefficient (Wildman–Crippen LogP) is 3.83. The summed E-state index contributed by atoms with van der Waals surface area (Å²) < 4.78 is 0.126. The number of allylic oxidation sites excluding steroid dienone is 4. The molecule has 0 aromatic carbocycles. The smallest absolute Gasteiger partial charge is 0.0652 e. The molecular formula is C10H15Br.